The summed E-state index contributed by atoms with van der Waals surface area (Å²) in [6, 6.07) is 7.11. The van der Waals surface area contributed by atoms with Crippen LogP contribution in [0.1, 0.15) is 6.42 Å². The molecule has 4 N–H and O–H groups in total. The van der Waals surface area contributed by atoms with Gasteiger partial charge >= 0.3 is 11.8 Å². The van der Waals surface area contributed by atoms with Crippen molar-refractivity contribution < 1.29 is 19.1 Å². The quantitative estimate of drug-likeness (QED) is 0.292. The number of benzene rings is 1. The summed E-state index contributed by atoms with van der Waals surface area (Å²) in [7, 11) is 1.48. The summed E-state index contributed by atoms with van der Waals surface area (Å²) >= 11 is 3.31. The molecule has 1 aromatic rings. The Morgan fingerprint density at radius 2 is 1.96 bits per heavy atom. The monoisotopic (exact) mass is 398 g/mol. The van der Waals surface area contributed by atoms with Crippen molar-refractivity contribution >= 4 is 39.3 Å². The van der Waals surface area contributed by atoms with Crippen molar-refractivity contribution in [2.24, 2.45) is 0 Å². The van der Waals surface area contributed by atoms with Gasteiger partial charge in [-0.15, -0.1) is 0 Å². The van der Waals surface area contributed by atoms with Crippen molar-refractivity contribution in [2.45, 2.75) is 6.42 Å². The van der Waals surface area contributed by atoms with E-state index in [4.69, 9.17) is 4.74 Å². The molecular weight excluding hydrogens is 380 g/mol. The van der Waals surface area contributed by atoms with E-state index < -0.39 is 11.8 Å². The molecule has 9 heteroatoms. The molecule has 24 heavy (non-hydrogen) atoms. The first kappa shape index (κ1) is 19.7. The molecule has 0 saturated heterocycles. The molecule has 0 bridgehead atoms. The van der Waals surface area contributed by atoms with Gasteiger partial charge < -0.3 is 20.8 Å². The zero-order valence-corrected chi connectivity index (χ0v) is 14.7. The van der Waals surface area contributed by atoms with Gasteiger partial charge in [0.1, 0.15) is 0 Å². The van der Waals surface area contributed by atoms with Gasteiger partial charge in [-0.2, -0.15) is 0 Å². The summed E-state index contributed by atoms with van der Waals surface area (Å²) in [5.74, 6) is -2.02. The fraction of sp³-hybridized carbons (Fsp3) is 0.267. The van der Waals surface area contributed by atoms with E-state index in [-0.39, 0.29) is 24.6 Å². The second-order valence-corrected chi connectivity index (χ2v) is 5.58. The highest BCUT2D eigenvalue weighted by molar-refractivity contribution is 9.10. The molecule has 130 valence electrons. The van der Waals surface area contributed by atoms with Crippen LogP contribution >= 0.6 is 15.9 Å². The first-order valence-corrected chi connectivity index (χ1v) is 7.78. The topological polar surface area (TPSA) is 109 Å². The molecule has 0 fully saturated rings. The van der Waals surface area contributed by atoms with Gasteiger partial charge in [0, 0.05) is 29.5 Å². The van der Waals surface area contributed by atoms with Crippen molar-refractivity contribution in [3.63, 3.8) is 0 Å². The lowest BCUT2D eigenvalue weighted by Gasteiger charge is -2.11. The number of anilines is 1. The van der Waals surface area contributed by atoms with Gasteiger partial charge in [0.25, 0.3) is 0 Å². The Labute approximate surface area is 148 Å². The van der Waals surface area contributed by atoms with E-state index in [2.05, 4.69) is 44.0 Å². The third kappa shape index (κ3) is 7.75. The van der Waals surface area contributed by atoms with E-state index in [0.717, 1.165) is 4.47 Å². The largest absolute Gasteiger partial charge is 0.383 e. The molecule has 0 aliphatic carbocycles. The molecule has 0 unspecified atom stereocenters. The standard InChI is InChI=1S/C15H19BrN4O4/c1-10(19-20-15(23)14(22)17-6-7-24-2)8-13(21)18-12-5-3-4-11(16)9-12/h3-5,9,19H,1,6-8H2,2H3,(H,17,22)(H,18,21)(H,20,23). The number of hydrazine groups is 1. The lowest BCUT2D eigenvalue weighted by molar-refractivity contribution is -0.139. The van der Waals surface area contributed by atoms with Crippen LogP contribution in [0, 0.1) is 0 Å². The Hall–Kier alpha value is -2.39. The Morgan fingerprint density at radius 1 is 1.21 bits per heavy atom. The minimum atomic E-state index is -0.889. The van der Waals surface area contributed by atoms with Crippen molar-refractivity contribution in [3.8, 4) is 0 Å². The van der Waals surface area contributed by atoms with Crippen molar-refractivity contribution in [1.82, 2.24) is 16.2 Å². The fourth-order valence-electron chi connectivity index (χ4n) is 1.56. The van der Waals surface area contributed by atoms with Gasteiger partial charge in [-0.05, 0) is 18.2 Å². The first-order chi connectivity index (χ1) is 11.4. The molecule has 0 spiro atoms. The van der Waals surface area contributed by atoms with Crippen LogP contribution in [0.25, 0.3) is 0 Å². The molecular formula is C15H19BrN4O4. The Bertz CT molecular complexity index is 621. The molecule has 8 nitrogen and oxygen atoms in total. The summed E-state index contributed by atoms with van der Waals surface area (Å²) in [5, 5.41) is 5.04. The Morgan fingerprint density at radius 3 is 2.62 bits per heavy atom. The van der Waals surface area contributed by atoms with Gasteiger partial charge in [0.05, 0.1) is 13.0 Å². The number of halogens is 1. The molecule has 1 aromatic carbocycles. The second kappa shape index (κ2) is 10.4. The van der Waals surface area contributed by atoms with Crippen LogP contribution < -0.4 is 21.5 Å². The minimum Gasteiger partial charge on any atom is -0.383 e. The molecule has 0 aliphatic rings. The first-order valence-electron chi connectivity index (χ1n) is 6.98. The number of carbonyl (C=O) groups is 3. The predicted octanol–water partition coefficient (Wildman–Crippen LogP) is 0.675. The normalized spacial score (nSPS) is 9.75. The van der Waals surface area contributed by atoms with Crippen molar-refractivity contribution in [2.75, 3.05) is 25.6 Å². The maximum absolute atomic E-state index is 11.9. The minimum absolute atomic E-state index is 0.0713. The van der Waals surface area contributed by atoms with Crippen LogP contribution in [0.2, 0.25) is 0 Å². The molecule has 0 saturated carbocycles. The molecule has 0 aromatic heterocycles. The van der Waals surface area contributed by atoms with Crippen LogP contribution in [-0.2, 0) is 19.1 Å². The van der Waals surface area contributed by atoms with Crippen LogP contribution in [0.15, 0.2) is 41.0 Å². The Kier molecular flexibility index (Phi) is 8.52. The number of rotatable bonds is 8. The van der Waals surface area contributed by atoms with E-state index in [9.17, 15) is 14.4 Å². The number of amides is 3. The number of hydrogen-bond donors (Lipinski definition) is 4. The van der Waals surface area contributed by atoms with E-state index in [1.165, 1.54) is 7.11 Å². The average molecular weight is 399 g/mol. The predicted molar refractivity (Wildman–Crippen MR) is 92.7 cm³/mol. The highest BCUT2D eigenvalue weighted by Crippen LogP contribution is 2.15. The number of methoxy groups -OCH3 is 1. The van der Waals surface area contributed by atoms with Crippen LogP contribution in [0.3, 0.4) is 0 Å². The van der Waals surface area contributed by atoms with Gasteiger partial charge in [0.15, 0.2) is 0 Å². The molecule has 0 radical (unpaired) electrons. The average Bonchev–Trinajstić information content (AvgIpc) is 2.52. The van der Waals surface area contributed by atoms with E-state index in [1.807, 2.05) is 6.07 Å². The molecule has 1 rings (SSSR count). The van der Waals surface area contributed by atoms with Crippen molar-refractivity contribution in [3.05, 3.63) is 41.0 Å². The maximum atomic E-state index is 11.9. The number of carbonyl (C=O) groups excluding carboxylic acids is 3. The fourth-order valence-corrected chi connectivity index (χ4v) is 1.96. The summed E-state index contributed by atoms with van der Waals surface area (Å²) in [4.78, 5) is 34.7. The van der Waals surface area contributed by atoms with Gasteiger partial charge in [0.2, 0.25) is 5.91 Å². The molecule has 0 heterocycles. The number of ether oxygens (including phenoxy) is 1. The highest BCUT2D eigenvalue weighted by Gasteiger charge is 2.13. The SMILES string of the molecule is C=C(CC(=O)Nc1cccc(Br)c1)NNC(=O)C(=O)NCCOC. The summed E-state index contributed by atoms with van der Waals surface area (Å²) in [6.45, 7) is 4.13. The van der Waals surface area contributed by atoms with Crippen LogP contribution in [0.5, 0.6) is 0 Å². The summed E-state index contributed by atoms with van der Waals surface area (Å²) < 4.78 is 5.58. The lowest BCUT2D eigenvalue weighted by Crippen LogP contribution is -2.46. The van der Waals surface area contributed by atoms with Gasteiger partial charge in [-0.3, -0.25) is 19.8 Å². The molecule has 0 aliphatic heterocycles. The van der Waals surface area contributed by atoms with Crippen LogP contribution in [-0.4, -0.2) is 38.0 Å². The van der Waals surface area contributed by atoms with Gasteiger partial charge in [-0.25, -0.2) is 0 Å². The smallest absolute Gasteiger partial charge is 0.327 e. The van der Waals surface area contributed by atoms with E-state index in [0.29, 0.717) is 12.3 Å². The van der Waals surface area contributed by atoms with E-state index >= 15 is 0 Å². The lowest BCUT2D eigenvalue weighted by atomic mass is 10.3. The number of hydrogen-bond acceptors (Lipinski definition) is 5. The molecule has 0 atom stereocenters. The third-order valence-electron chi connectivity index (χ3n) is 2.63. The van der Waals surface area contributed by atoms with Gasteiger partial charge in [-0.1, -0.05) is 28.6 Å². The highest BCUT2D eigenvalue weighted by atomic mass is 79.9. The van der Waals surface area contributed by atoms with E-state index in [1.54, 1.807) is 18.2 Å². The second-order valence-electron chi connectivity index (χ2n) is 4.67. The Balaban J connectivity index is 2.31. The number of nitrogens with one attached hydrogen (secondary N) is 4. The van der Waals surface area contributed by atoms with Crippen LogP contribution in [0.4, 0.5) is 5.69 Å². The summed E-state index contributed by atoms with van der Waals surface area (Å²) in [5.41, 5.74) is 5.45. The third-order valence-corrected chi connectivity index (χ3v) is 3.13. The zero-order valence-electron chi connectivity index (χ0n) is 13.1. The summed E-state index contributed by atoms with van der Waals surface area (Å²) in [6.07, 6.45) is -0.0713. The molecule has 3 amide bonds. The zero-order chi connectivity index (χ0) is 17.9. The maximum Gasteiger partial charge on any atom is 0.327 e. The van der Waals surface area contributed by atoms with Crippen molar-refractivity contribution in [1.29, 1.82) is 0 Å².